The molecule has 8 heteroatoms. The monoisotopic (exact) mass is 447 g/mol. The average molecular weight is 448 g/mol. The summed E-state index contributed by atoms with van der Waals surface area (Å²) in [6.07, 6.45) is 11.5. The molecule has 33 heavy (non-hydrogen) atoms. The van der Waals surface area contributed by atoms with Gasteiger partial charge < -0.3 is 20.2 Å². The number of hydrogen-bond acceptors (Lipinski definition) is 6. The summed E-state index contributed by atoms with van der Waals surface area (Å²) in [4.78, 5) is 4.38. The van der Waals surface area contributed by atoms with Crippen molar-refractivity contribution < 1.29 is 13.5 Å². The van der Waals surface area contributed by atoms with Crippen LogP contribution in [0.5, 0.6) is 5.75 Å². The summed E-state index contributed by atoms with van der Waals surface area (Å²) in [5.74, 6) is 0.486. The molecule has 4 aromatic rings. The predicted octanol–water partition coefficient (Wildman–Crippen LogP) is 4.79. The fourth-order valence-electron chi connectivity index (χ4n) is 5.09. The number of aromatic nitrogens is 3. The van der Waals surface area contributed by atoms with Crippen LogP contribution in [-0.2, 0) is 6.42 Å². The molecule has 1 aliphatic heterocycles. The Kier molecular flexibility index (Phi) is 5.02. The molecule has 0 amide bonds. The lowest BCUT2D eigenvalue weighted by Gasteiger charge is -2.26. The van der Waals surface area contributed by atoms with Crippen molar-refractivity contribution >= 4 is 16.8 Å². The van der Waals surface area contributed by atoms with E-state index < -0.39 is 0 Å². The summed E-state index contributed by atoms with van der Waals surface area (Å²) in [6.45, 7) is 2.01. The number of piperidine rings is 1. The van der Waals surface area contributed by atoms with E-state index >= 15 is 0 Å². The normalized spacial score (nSPS) is 19.0. The molecule has 0 bridgehead atoms. The van der Waals surface area contributed by atoms with Crippen molar-refractivity contribution in [2.24, 2.45) is 0 Å². The van der Waals surface area contributed by atoms with Crippen LogP contribution in [0.3, 0.4) is 0 Å². The van der Waals surface area contributed by atoms with Gasteiger partial charge in [-0.1, -0.05) is 12.1 Å². The van der Waals surface area contributed by atoms with Gasteiger partial charge in [-0.2, -0.15) is 5.10 Å². The lowest BCUT2D eigenvalue weighted by atomic mass is 9.89. The van der Waals surface area contributed by atoms with Gasteiger partial charge in [0, 0.05) is 23.5 Å². The first-order valence-corrected chi connectivity index (χ1v) is 11.5. The maximum absolute atomic E-state index is 14.3. The minimum Gasteiger partial charge on any atom is -0.478 e. The highest BCUT2D eigenvalue weighted by atomic mass is 19.1. The van der Waals surface area contributed by atoms with Crippen molar-refractivity contribution in [3.8, 4) is 16.9 Å². The molecular weight excluding hydrogens is 421 g/mol. The van der Waals surface area contributed by atoms with Crippen LogP contribution < -0.4 is 15.8 Å². The Balaban J connectivity index is 1.35. The fraction of sp³-hybridized carbons (Fsp3) is 0.360. The standard InChI is InChI=1S/C25H26FN5O2/c26-21-5-1-4-18-17(21)3-2-6-22(18)33-24-23-19(12-29-25(24)27)20(14-32-23)15-11-30-31(13-15)16-7-9-28-10-8-16/h1,4-5,11-14,16,22,28H,2-3,6-10H2,(H2,27,29). The molecule has 170 valence electrons. The van der Waals surface area contributed by atoms with E-state index in [4.69, 9.17) is 14.9 Å². The topological polar surface area (TPSA) is 91.1 Å². The van der Waals surface area contributed by atoms with E-state index in [1.807, 2.05) is 16.9 Å². The third-order valence-electron chi connectivity index (χ3n) is 6.85. The zero-order valence-corrected chi connectivity index (χ0v) is 18.3. The van der Waals surface area contributed by atoms with E-state index in [0.29, 0.717) is 23.8 Å². The number of ether oxygens (including phenoxy) is 1. The Morgan fingerprint density at radius 1 is 1.18 bits per heavy atom. The predicted molar refractivity (Wildman–Crippen MR) is 123 cm³/mol. The van der Waals surface area contributed by atoms with Crippen molar-refractivity contribution in [3.63, 3.8) is 0 Å². The SMILES string of the molecule is Nc1ncc2c(-c3cnn(C4CCNCC4)c3)coc2c1OC1CCCc2c(F)cccc21. The largest absolute Gasteiger partial charge is 0.478 e. The van der Waals surface area contributed by atoms with Gasteiger partial charge in [0.2, 0.25) is 5.75 Å². The number of benzene rings is 1. The van der Waals surface area contributed by atoms with Crippen molar-refractivity contribution in [2.75, 3.05) is 18.8 Å². The number of pyridine rings is 1. The maximum Gasteiger partial charge on any atom is 0.205 e. The molecule has 1 saturated heterocycles. The van der Waals surface area contributed by atoms with Crippen LogP contribution in [0.15, 0.2) is 47.5 Å². The lowest BCUT2D eigenvalue weighted by Crippen LogP contribution is -2.29. The molecule has 1 aliphatic carbocycles. The Morgan fingerprint density at radius 3 is 2.94 bits per heavy atom. The van der Waals surface area contributed by atoms with Crippen molar-refractivity contribution in [1.82, 2.24) is 20.1 Å². The molecule has 0 radical (unpaired) electrons. The van der Waals surface area contributed by atoms with E-state index in [0.717, 1.165) is 66.4 Å². The lowest BCUT2D eigenvalue weighted by molar-refractivity contribution is 0.183. The Bertz CT molecular complexity index is 1310. The summed E-state index contributed by atoms with van der Waals surface area (Å²) >= 11 is 0. The molecule has 2 aliphatic rings. The highest BCUT2D eigenvalue weighted by Crippen LogP contribution is 2.42. The van der Waals surface area contributed by atoms with Gasteiger partial charge in [-0.15, -0.1) is 0 Å². The van der Waals surface area contributed by atoms with Gasteiger partial charge in [0.05, 0.1) is 17.6 Å². The van der Waals surface area contributed by atoms with Crippen LogP contribution in [0.25, 0.3) is 22.1 Å². The van der Waals surface area contributed by atoms with Gasteiger partial charge >= 0.3 is 0 Å². The van der Waals surface area contributed by atoms with E-state index in [2.05, 4.69) is 21.6 Å². The number of rotatable bonds is 4. The van der Waals surface area contributed by atoms with Crippen molar-refractivity contribution in [2.45, 2.75) is 44.2 Å². The average Bonchev–Trinajstić information content (AvgIpc) is 3.49. The van der Waals surface area contributed by atoms with E-state index in [-0.39, 0.29) is 17.7 Å². The molecule has 6 rings (SSSR count). The first-order valence-electron chi connectivity index (χ1n) is 11.5. The Morgan fingerprint density at radius 2 is 2.06 bits per heavy atom. The quantitative estimate of drug-likeness (QED) is 0.467. The van der Waals surface area contributed by atoms with E-state index in [1.54, 1.807) is 18.5 Å². The molecule has 3 N–H and O–H groups in total. The number of anilines is 1. The van der Waals surface area contributed by atoms with Gasteiger partial charge in [-0.3, -0.25) is 4.68 Å². The van der Waals surface area contributed by atoms with Crippen LogP contribution in [-0.4, -0.2) is 27.9 Å². The third kappa shape index (κ3) is 3.54. The van der Waals surface area contributed by atoms with Crippen molar-refractivity contribution in [1.29, 1.82) is 0 Å². The molecule has 4 heterocycles. The summed E-state index contributed by atoms with van der Waals surface area (Å²) in [6, 6.07) is 5.55. The molecule has 3 aromatic heterocycles. The van der Waals surface area contributed by atoms with Gasteiger partial charge in [0.15, 0.2) is 11.4 Å². The summed E-state index contributed by atoms with van der Waals surface area (Å²) in [5, 5.41) is 8.81. The first-order chi connectivity index (χ1) is 16.2. The second kappa shape index (κ2) is 8.19. The molecule has 0 saturated carbocycles. The van der Waals surface area contributed by atoms with Gasteiger partial charge in [0.25, 0.3) is 0 Å². The van der Waals surface area contributed by atoms with Crippen LogP contribution in [0, 0.1) is 5.82 Å². The molecule has 0 spiro atoms. The molecule has 1 atom stereocenters. The molecule has 1 unspecified atom stereocenters. The zero-order valence-electron chi connectivity index (χ0n) is 18.3. The van der Waals surface area contributed by atoms with Crippen LogP contribution in [0.4, 0.5) is 10.2 Å². The maximum atomic E-state index is 14.3. The van der Waals surface area contributed by atoms with Crippen molar-refractivity contribution in [3.05, 3.63) is 60.0 Å². The van der Waals surface area contributed by atoms with Gasteiger partial charge in [-0.05, 0) is 62.4 Å². The molecule has 1 aromatic carbocycles. The smallest absolute Gasteiger partial charge is 0.205 e. The molecule has 7 nitrogen and oxygen atoms in total. The molecular formula is C25H26FN5O2. The first kappa shape index (κ1) is 20.2. The third-order valence-corrected chi connectivity index (χ3v) is 6.85. The highest BCUT2D eigenvalue weighted by Gasteiger charge is 2.27. The summed E-state index contributed by atoms with van der Waals surface area (Å²) in [5.41, 5.74) is 10.2. The van der Waals surface area contributed by atoms with E-state index in [9.17, 15) is 4.39 Å². The fourth-order valence-corrected chi connectivity index (χ4v) is 5.09. The number of furan rings is 1. The number of nitrogens with one attached hydrogen (secondary N) is 1. The van der Waals surface area contributed by atoms with E-state index in [1.165, 1.54) is 6.07 Å². The van der Waals surface area contributed by atoms with Gasteiger partial charge in [-0.25, -0.2) is 9.37 Å². The second-order valence-corrected chi connectivity index (χ2v) is 8.86. The number of fused-ring (bicyclic) bond motifs is 2. The number of halogens is 1. The number of nitrogens with zero attached hydrogens (tertiary/aromatic N) is 3. The highest BCUT2D eigenvalue weighted by molar-refractivity contribution is 5.97. The molecule has 1 fully saturated rings. The van der Waals surface area contributed by atoms with Crippen LogP contribution >= 0.6 is 0 Å². The van der Waals surface area contributed by atoms with Gasteiger partial charge in [0.1, 0.15) is 18.2 Å². The minimum atomic E-state index is -0.296. The second-order valence-electron chi connectivity index (χ2n) is 8.86. The number of hydrogen-bond donors (Lipinski definition) is 2. The number of nitrogen functional groups attached to an aromatic ring is 1. The summed E-state index contributed by atoms with van der Waals surface area (Å²) < 4.78 is 28.7. The Hall–Kier alpha value is -3.39. The van der Waals surface area contributed by atoms with Crippen LogP contribution in [0.1, 0.15) is 49.0 Å². The van der Waals surface area contributed by atoms with Crippen LogP contribution in [0.2, 0.25) is 0 Å². The summed E-state index contributed by atoms with van der Waals surface area (Å²) in [7, 11) is 0. The number of nitrogens with two attached hydrogens (primary N) is 1. The Labute approximate surface area is 190 Å². The zero-order chi connectivity index (χ0) is 22.4. The minimum absolute atomic E-state index is 0.184.